The highest BCUT2D eigenvalue weighted by molar-refractivity contribution is 5.81. The van der Waals surface area contributed by atoms with Crippen molar-refractivity contribution in [3.63, 3.8) is 0 Å². The Morgan fingerprint density at radius 2 is 2.00 bits per heavy atom. The number of nitrogens with one attached hydrogen (secondary N) is 1. The Morgan fingerprint density at radius 3 is 2.50 bits per heavy atom. The van der Waals surface area contributed by atoms with Crippen LogP contribution in [0.5, 0.6) is 0 Å². The summed E-state index contributed by atoms with van der Waals surface area (Å²) < 4.78 is 0. The molecular weight excluding hydrogens is 128 g/mol. The van der Waals surface area contributed by atoms with Crippen LogP contribution in [-0.2, 0) is 4.79 Å². The van der Waals surface area contributed by atoms with Crippen LogP contribution in [0, 0.1) is 17.8 Å². The zero-order valence-electron chi connectivity index (χ0n) is 5.84. The van der Waals surface area contributed by atoms with Gasteiger partial charge in [0.2, 0.25) is 5.91 Å². The van der Waals surface area contributed by atoms with E-state index in [4.69, 9.17) is 5.84 Å². The minimum atomic E-state index is 0.0506. The van der Waals surface area contributed by atoms with Gasteiger partial charge in [-0.05, 0) is 24.7 Å². The topological polar surface area (TPSA) is 55.1 Å². The molecule has 56 valence electrons. The quantitative estimate of drug-likeness (QED) is 0.306. The Labute approximate surface area is 59.9 Å². The number of carbonyl (C=O) groups excluding carboxylic acids is 1. The summed E-state index contributed by atoms with van der Waals surface area (Å²) in [5.41, 5.74) is 2.22. The van der Waals surface area contributed by atoms with E-state index in [1.165, 1.54) is 19.3 Å². The Hall–Kier alpha value is -0.570. The van der Waals surface area contributed by atoms with Crippen molar-refractivity contribution in [1.82, 2.24) is 5.43 Å². The van der Waals surface area contributed by atoms with Gasteiger partial charge < -0.3 is 0 Å². The molecule has 0 saturated heterocycles. The first kappa shape index (κ1) is 6.16. The lowest BCUT2D eigenvalue weighted by Gasteiger charge is -1.99. The first-order valence-electron chi connectivity index (χ1n) is 3.85. The third-order valence-corrected chi connectivity index (χ3v) is 2.85. The lowest BCUT2D eigenvalue weighted by molar-refractivity contribution is -0.123. The van der Waals surface area contributed by atoms with Crippen LogP contribution < -0.4 is 11.3 Å². The van der Waals surface area contributed by atoms with Crippen LogP contribution in [0.15, 0.2) is 0 Å². The highest BCUT2D eigenvalue weighted by Gasteiger charge is 2.56. The first-order chi connectivity index (χ1) is 4.84. The Balaban J connectivity index is 1.94. The van der Waals surface area contributed by atoms with Gasteiger partial charge in [0.1, 0.15) is 0 Å². The number of rotatable bonds is 1. The van der Waals surface area contributed by atoms with Crippen LogP contribution in [0.1, 0.15) is 19.3 Å². The lowest BCUT2D eigenvalue weighted by Crippen LogP contribution is -2.32. The van der Waals surface area contributed by atoms with Crippen molar-refractivity contribution >= 4 is 5.91 Å². The van der Waals surface area contributed by atoms with Crippen molar-refractivity contribution in [2.24, 2.45) is 23.6 Å². The van der Waals surface area contributed by atoms with E-state index >= 15 is 0 Å². The number of nitrogens with two attached hydrogens (primary N) is 1. The molecule has 0 spiro atoms. The fourth-order valence-corrected chi connectivity index (χ4v) is 2.31. The largest absolute Gasteiger partial charge is 0.294 e. The maximum absolute atomic E-state index is 11.0. The first-order valence-corrected chi connectivity index (χ1v) is 3.85. The van der Waals surface area contributed by atoms with E-state index in [1.807, 2.05) is 0 Å². The van der Waals surface area contributed by atoms with Gasteiger partial charge in [-0.2, -0.15) is 0 Å². The number of carbonyl (C=O) groups is 1. The molecule has 0 aromatic heterocycles. The van der Waals surface area contributed by atoms with E-state index in [0.717, 1.165) is 0 Å². The third-order valence-electron chi connectivity index (χ3n) is 2.85. The number of hydrazine groups is 1. The van der Waals surface area contributed by atoms with Crippen molar-refractivity contribution in [3.05, 3.63) is 0 Å². The molecule has 2 unspecified atom stereocenters. The average molecular weight is 140 g/mol. The molecule has 0 aliphatic heterocycles. The minimum Gasteiger partial charge on any atom is -0.294 e. The summed E-state index contributed by atoms with van der Waals surface area (Å²) in [6, 6.07) is 0. The molecule has 2 aliphatic rings. The van der Waals surface area contributed by atoms with E-state index in [1.54, 1.807) is 0 Å². The van der Waals surface area contributed by atoms with Crippen molar-refractivity contribution < 1.29 is 4.79 Å². The lowest BCUT2D eigenvalue weighted by atomic mass is 10.1. The molecule has 3 nitrogen and oxygen atoms in total. The molecule has 2 atom stereocenters. The summed E-state index contributed by atoms with van der Waals surface area (Å²) in [4.78, 5) is 11.0. The number of hydrogen-bond acceptors (Lipinski definition) is 2. The molecule has 2 fully saturated rings. The van der Waals surface area contributed by atoms with Gasteiger partial charge in [0.25, 0.3) is 0 Å². The summed E-state index contributed by atoms with van der Waals surface area (Å²) in [5.74, 6) is 6.71. The van der Waals surface area contributed by atoms with Crippen molar-refractivity contribution in [3.8, 4) is 0 Å². The van der Waals surface area contributed by atoms with Crippen LogP contribution in [0.3, 0.4) is 0 Å². The zero-order valence-corrected chi connectivity index (χ0v) is 5.84. The molecule has 0 aromatic carbocycles. The van der Waals surface area contributed by atoms with Gasteiger partial charge in [0, 0.05) is 5.92 Å². The molecule has 2 saturated carbocycles. The smallest absolute Gasteiger partial charge is 0.237 e. The molecule has 0 heterocycles. The van der Waals surface area contributed by atoms with Gasteiger partial charge in [-0.15, -0.1) is 0 Å². The Bertz CT molecular complexity index is 159. The maximum atomic E-state index is 11.0. The highest BCUT2D eigenvalue weighted by atomic mass is 16.2. The Kier molecular flexibility index (Phi) is 1.20. The monoisotopic (exact) mass is 140 g/mol. The van der Waals surface area contributed by atoms with Crippen molar-refractivity contribution in [2.45, 2.75) is 19.3 Å². The van der Waals surface area contributed by atoms with Crippen LogP contribution >= 0.6 is 0 Å². The van der Waals surface area contributed by atoms with Crippen LogP contribution in [0.2, 0.25) is 0 Å². The number of hydrogen-bond donors (Lipinski definition) is 2. The van der Waals surface area contributed by atoms with Crippen LogP contribution in [0.25, 0.3) is 0 Å². The third kappa shape index (κ3) is 0.669. The van der Waals surface area contributed by atoms with E-state index in [9.17, 15) is 4.79 Å². The molecule has 2 aliphatic carbocycles. The number of amides is 1. The van der Waals surface area contributed by atoms with Crippen LogP contribution in [0.4, 0.5) is 0 Å². The molecule has 0 aromatic rings. The summed E-state index contributed by atoms with van der Waals surface area (Å²) in [6.07, 6.45) is 3.79. The Morgan fingerprint density at radius 1 is 1.40 bits per heavy atom. The average Bonchev–Trinajstić information content (AvgIpc) is 2.43. The van der Waals surface area contributed by atoms with E-state index in [0.29, 0.717) is 11.8 Å². The fraction of sp³-hybridized carbons (Fsp3) is 0.857. The number of fused-ring (bicyclic) bond motifs is 1. The molecule has 1 amide bonds. The maximum Gasteiger partial charge on any atom is 0.237 e. The fourth-order valence-electron chi connectivity index (χ4n) is 2.31. The SMILES string of the molecule is NNC(=O)C1C2CCCC21. The summed E-state index contributed by atoms with van der Waals surface area (Å²) in [5, 5.41) is 0. The molecule has 10 heavy (non-hydrogen) atoms. The standard InChI is InChI=1S/C7H12N2O/c8-9-7(10)6-4-2-1-3-5(4)6/h4-6H,1-3,8H2,(H,9,10). The highest BCUT2D eigenvalue weighted by Crippen LogP contribution is 2.57. The van der Waals surface area contributed by atoms with Gasteiger partial charge in [-0.3, -0.25) is 10.2 Å². The molecule has 0 bridgehead atoms. The van der Waals surface area contributed by atoms with Gasteiger partial charge in [0.15, 0.2) is 0 Å². The van der Waals surface area contributed by atoms with Gasteiger partial charge in [-0.25, -0.2) is 5.84 Å². The van der Waals surface area contributed by atoms with E-state index < -0.39 is 0 Å². The van der Waals surface area contributed by atoms with Crippen LogP contribution in [-0.4, -0.2) is 5.91 Å². The molecule has 3 N–H and O–H groups in total. The van der Waals surface area contributed by atoms with Crippen molar-refractivity contribution in [1.29, 1.82) is 0 Å². The summed E-state index contributed by atoms with van der Waals surface area (Å²) in [6.45, 7) is 0. The molecule has 3 heteroatoms. The molecule has 2 rings (SSSR count). The normalized spacial score (nSPS) is 42.7. The molecular formula is C7H12N2O. The van der Waals surface area contributed by atoms with Gasteiger partial charge >= 0.3 is 0 Å². The molecule has 0 radical (unpaired) electrons. The van der Waals surface area contributed by atoms with E-state index in [-0.39, 0.29) is 11.8 Å². The van der Waals surface area contributed by atoms with E-state index in [2.05, 4.69) is 5.43 Å². The summed E-state index contributed by atoms with van der Waals surface area (Å²) in [7, 11) is 0. The van der Waals surface area contributed by atoms with Gasteiger partial charge in [0.05, 0.1) is 0 Å². The minimum absolute atomic E-state index is 0.0506. The summed E-state index contributed by atoms with van der Waals surface area (Å²) >= 11 is 0. The zero-order chi connectivity index (χ0) is 7.14. The second-order valence-corrected chi connectivity index (χ2v) is 3.29. The second kappa shape index (κ2) is 1.95. The van der Waals surface area contributed by atoms with Crippen molar-refractivity contribution in [2.75, 3.05) is 0 Å². The second-order valence-electron chi connectivity index (χ2n) is 3.29. The van der Waals surface area contributed by atoms with Gasteiger partial charge in [-0.1, -0.05) is 6.42 Å². The predicted molar refractivity (Wildman–Crippen MR) is 36.7 cm³/mol. The predicted octanol–water partition coefficient (Wildman–Crippen LogP) is 0.0224.